The molecular weight excluding hydrogens is 520 g/mol. The number of carbonyl (C=O) groups is 1. The van der Waals surface area contributed by atoms with Crippen LogP contribution in [0.3, 0.4) is 0 Å². The molecule has 10 heteroatoms. The normalized spacial score (nSPS) is 13.1. The van der Waals surface area contributed by atoms with Crippen LogP contribution < -0.4 is 10.5 Å². The second-order valence-corrected chi connectivity index (χ2v) is 16.2. The number of nitrogens with zero attached hydrogens (tertiary/aromatic N) is 3. The molecule has 2 N–H and O–H groups in total. The third kappa shape index (κ3) is 6.83. The van der Waals surface area contributed by atoms with Crippen molar-refractivity contribution >= 4 is 36.9 Å². The highest BCUT2D eigenvalue weighted by atomic mass is 35.5. The number of rotatable bonds is 11. The molecule has 2 aromatic carbocycles. The summed E-state index contributed by atoms with van der Waals surface area (Å²) >= 11 is 5.99. The van der Waals surface area contributed by atoms with Crippen molar-refractivity contribution < 1.29 is 18.4 Å². The number of nitrogens with two attached hydrogens (primary N) is 1. The number of ether oxygens (including phenoxy) is 1. The molecule has 2 aromatic heterocycles. The van der Waals surface area contributed by atoms with Gasteiger partial charge in [0.15, 0.2) is 13.9 Å². The average Bonchev–Trinajstić information content (AvgIpc) is 3.48. The SMILES string of the molecule is CC(C)(C)[Si](C)(C)O[C@@H](CCCOc1ccc2nc(-c3ccc(Cl)cc3)oc2c1)Cn1cnc(C(N)=O)c1. The molecule has 0 aliphatic rings. The first-order chi connectivity index (χ1) is 17.9. The van der Waals surface area contributed by atoms with Gasteiger partial charge in [-0.3, -0.25) is 4.79 Å². The van der Waals surface area contributed by atoms with Crippen molar-refractivity contribution in [1.29, 1.82) is 0 Å². The molecule has 0 radical (unpaired) electrons. The number of aromatic nitrogens is 3. The van der Waals surface area contributed by atoms with Crippen LogP contribution in [-0.4, -0.2) is 41.5 Å². The molecule has 0 saturated carbocycles. The Morgan fingerprint density at radius 1 is 1.18 bits per heavy atom. The largest absolute Gasteiger partial charge is 0.493 e. The van der Waals surface area contributed by atoms with Gasteiger partial charge in [0, 0.05) is 29.4 Å². The van der Waals surface area contributed by atoms with Crippen LogP contribution in [-0.2, 0) is 11.0 Å². The van der Waals surface area contributed by atoms with Gasteiger partial charge in [0.1, 0.15) is 17.0 Å². The number of imidazole rings is 1. The Balaban J connectivity index is 1.38. The Kier molecular flexibility index (Phi) is 8.30. The average molecular weight is 555 g/mol. The summed E-state index contributed by atoms with van der Waals surface area (Å²) < 4.78 is 20.6. The molecule has 0 aliphatic carbocycles. The molecule has 38 heavy (non-hydrogen) atoms. The maximum Gasteiger partial charge on any atom is 0.268 e. The van der Waals surface area contributed by atoms with E-state index in [1.807, 2.05) is 47.0 Å². The quantitative estimate of drug-likeness (QED) is 0.163. The van der Waals surface area contributed by atoms with Gasteiger partial charge in [-0.25, -0.2) is 9.97 Å². The van der Waals surface area contributed by atoms with E-state index in [1.54, 1.807) is 12.5 Å². The lowest BCUT2D eigenvalue weighted by molar-refractivity contribution is 0.0995. The van der Waals surface area contributed by atoms with Crippen molar-refractivity contribution in [3.8, 4) is 17.2 Å². The molecule has 1 amide bonds. The van der Waals surface area contributed by atoms with E-state index in [1.165, 1.54) is 0 Å². The van der Waals surface area contributed by atoms with Gasteiger partial charge in [-0.05, 0) is 67.4 Å². The highest BCUT2D eigenvalue weighted by Gasteiger charge is 2.39. The minimum absolute atomic E-state index is 0.0480. The van der Waals surface area contributed by atoms with E-state index in [0.717, 1.165) is 29.7 Å². The Labute approximate surface area is 229 Å². The van der Waals surface area contributed by atoms with E-state index in [2.05, 4.69) is 43.8 Å². The third-order valence-electron chi connectivity index (χ3n) is 6.96. The number of hydrogen-bond donors (Lipinski definition) is 1. The zero-order chi connectivity index (χ0) is 27.5. The molecule has 0 spiro atoms. The minimum Gasteiger partial charge on any atom is -0.493 e. The summed E-state index contributed by atoms with van der Waals surface area (Å²) in [5.41, 5.74) is 7.91. The Bertz CT molecular complexity index is 1390. The molecule has 2 heterocycles. The van der Waals surface area contributed by atoms with Crippen molar-refractivity contribution in [2.45, 2.75) is 64.4 Å². The maximum absolute atomic E-state index is 11.5. The molecular formula is C28H35ClN4O4Si. The van der Waals surface area contributed by atoms with Crippen molar-refractivity contribution in [3.63, 3.8) is 0 Å². The molecule has 0 fully saturated rings. The highest BCUT2D eigenvalue weighted by Crippen LogP contribution is 2.38. The van der Waals surface area contributed by atoms with E-state index < -0.39 is 14.2 Å². The van der Waals surface area contributed by atoms with Gasteiger partial charge in [0.2, 0.25) is 5.89 Å². The van der Waals surface area contributed by atoms with Crippen molar-refractivity contribution in [1.82, 2.24) is 14.5 Å². The van der Waals surface area contributed by atoms with Gasteiger partial charge in [0.25, 0.3) is 5.91 Å². The van der Waals surface area contributed by atoms with Gasteiger partial charge in [0.05, 0.1) is 19.0 Å². The Morgan fingerprint density at radius 3 is 2.58 bits per heavy atom. The molecule has 4 aromatic rings. The summed E-state index contributed by atoms with van der Waals surface area (Å²) in [5.74, 6) is 0.723. The summed E-state index contributed by atoms with van der Waals surface area (Å²) in [6, 6.07) is 13.0. The van der Waals surface area contributed by atoms with Crippen LogP contribution in [0.1, 0.15) is 44.1 Å². The molecule has 8 nitrogen and oxygen atoms in total. The molecule has 202 valence electrons. The van der Waals surface area contributed by atoms with E-state index in [4.69, 9.17) is 30.9 Å². The predicted molar refractivity (Wildman–Crippen MR) is 152 cm³/mol. The number of carbonyl (C=O) groups excluding carboxylic acids is 1. The zero-order valence-electron chi connectivity index (χ0n) is 22.5. The van der Waals surface area contributed by atoms with Crippen LogP contribution in [0.2, 0.25) is 23.2 Å². The number of halogens is 1. The van der Waals surface area contributed by atoms with Crippen molar-refractivity contribution in [3.05, 3.63) is 65.7 Å². The first-order valence-corrected chi connectivity index (χ1v) is 16.0. The van der Waals surface area contributed by atoms with E-state index in [0.29, 0.717) is 29.6 Å². The molecule has 0 saturated heterocycles. The fraction of sp³-hybridized carbons (Fsp3) is 0.393. The standard InChI is InChI=1S/C28H35ClN4O4Si/c1-28(2,3)38(4,5)37-22(16-33-17-24(26(30)34)31-18-33)7-6-14-35-21-12-13-23-25(15-21)36-27(32-23)19-8-10-20(29)11-9-19/h8-13,15,17-18,22H,6-7,14,16H2,1-5H3,(H2,30,34)/t22-/m0/s1. The number of fused-ring (bicyclic) bond motifs is 1. The zero-order valence-corrected chi connectivity index (χ0v) is 24.3. The smallest absolute Gasteiger partial charge is 0.268 e. The molecule has 4 rings (SSSR count). The number of amides is 1. The number of oxazole rings is 1. The summed E-state index contributed by atoms with van der Waals surface area (Å²) in [6.45, 7) is 12.3. The second-order valence-electron chi connectivity index (χ2n) is 11.0. The molecule has 1 atom stereocenters. The Hall–Kier alpha value is -3.14. The summed E-state index contributed by atoms with van der Waals surface area (Å²) in [6.07, 6.45) is 4.84. The summed E-state index contributed by atoms with van der Waals surface area (Å²) in [4.78, 5) is 20.1. The lowest BCUT2D eigenvalue weighted by Gasteiger charge is -2.39. The number of hydrogen-bond acceptors (Lipinski definition) is 6. The lowest BCUT2D eigenvalue weighted by Crippen LogP contribution is -2.45. The summed E-state index contributed by atoms with van der Waals surface area (Å²) in [7, 11) is -2.01. The van der Waals surface area contributed by atoms with Gasteiger partial charge >= 0.3 is 0 Å². The molecule has 0 bridgehead atoms. The topological polar surface area (TPSA) is 105 Å². The van der Waals surface area contributed by atoms with E-state index >= 15 is 0 Å². The maximum atomic E-state index is 11.5. The van der Waals surface area contributed by atoms with Gasteiger partial charge in [-0.2, -0.15) is 0 Å². The van der Waals surface area contributed by atoms with Gasteiger partial charge < -0.3 is 23.9 Å². The van der Waals surface area contributed by atoms with Gasteiger partial charge in [-0.1, -0.05) is 32.4 Å². The monoisotopic (exact) mass is 554 g/mol. The van der Waals surface area contributed by atoms with Crippen molar-refractivity contribution in [2.24, 2.45) is 5.73 Å². The van der Waals surface area contributed by atoms with E-state index in [-0.39, 0.29) is 16.8 Å². The van der Waals surface area contributed by atoms with Crippen LogP contribution >= 0.6 is 11.6 Å². The van der Waals surface area contributed by atoms with Crippen LogP contribution in [0.25, 0.3) is 22.6 Å². The fourth-order valence-electron chi connectivity index (χ4n) is 3.81. The van der Waals surface area contributed by atoms with Crippen LogP contribution in [0, 0.1) is 0 Å². The van der Waals surface area contributed by atoms with Crippen LogP contribution in [0.15, 0.2) is 59.4 Å². The highest BCUT2D eigenvalue weighted by molar-refractivity contribution is 6.74. The number of benzene rings is 2. The van der Waals surface area contributed by atoms with Crippen LogP contribution in [0.4, 0.5) is 0 Å². The predicted octanol–water partition coefficient (Wildman–Crippen LogP) is 6.69. The minimum atomic E-state index is -2.01. The van der Waals surface area contributed by atoms with Gasteiger partial charge in [-0.15, -0.1) is 0 Å². The number of primary amides is 1. The summed E-state index contributed by atoms with van der Waals surface area (Å²) in [5, 5.41) is 0.741. The second kappa shape index (κ2) is 11.3. The van der Waals surface area contributed by atoms with Crippen LogP contribution in [0.5, 0.6) is 5.75 Å². The first-order valence-electron chi connectivity index (χ1n) is 12.7. The first kappa shape index (κ1) is 27.9. The van der Waals surface area contributed by atoms with Crippen molar-refractivity contribution in [2.75, 3.05) is 6.61 Å². The lowest BCUT2D eigenvalue weighted by atomic mass is 10.2. The third-order valence-corrected chi connectivity index (χ3v) is 11.7. The Morgan fingerprint density at radius 2 is 1.92 bits per heavy atom. The fourth-order valence-corrected chi connectivity index (χ4v) is 5.32. The molecule has 0 aliphatic heterocycles. The molecule has 0 unspecified atom stereocenters. The van der Waals surface area contributed by atoms with E-state index in [9.17, 15) is 4.79 Å².